The minimum Gasteiger partial charge on any atom is -0.271 e. The summed E-state index contributed by atoms with van der Waals surface area (Å²) in [5.74, 6) is 6.58. The number of nitrogens with two attached hydrogens (primary N) is 1. The highest BCUT2D eigenvalue weighted by Gasteiger charge is 2.16. The first kappa shape index (κ1) is 14.0. The fraction of sp³-hybridized carbons (Fsp3) is 0.727. The van der Waals surface area contributed by atoms with Gasteiger partial charge < -0.3 is 0 Å². The van der Waals surface area contributed by atoms with Gasteiger partial charge in [-0.25, -0.2) is 4.98 Å². The first-order valence-electron chi connectivity index (χ1n) is 5.42. The number of rotatable bonds is 5. The van der Waals surface area contributed by atoms with E-state index in [0.717, 1.165) is 22.9 Å². The first-order valence-corrected chi connectivity index (χ1v) is 7.28. The Balaban J connectivity index is 2.43. The molecule has 5 heteroatoms. The minimum atomic E-state index is 0.286. The summed E-state index contributed by atoms with van der Waals surface area (Å²) in [5, 5.41) is 3.25. The molecule has 16 heavy (non-hydrogen) atoms. The SMILES string of the molecule is Cc1csc(CC(CSC(C)(C)C)NN)n1. The summed E-state index contributed by atoms with van der Waals surface area (Å²) in [4.78, 5) is 4.46. The highest BCUT2D eigenvalue weighted by Crippen LogP contribution is 2.24. The van der Waals surface area contributed by atoms with E-state index in [9.17, 15) is 0 Å². The van der Waals surface area contributed by atoms with Crippen LogP contribution in [0.1, 0.15) is 31.5 Å². The van der Waals surface area contributed by atoms with Crippen molar-refractivity contribution in [2.24, 2.45) is 5.84 Å². The van der Waals surface area contributed by atoms with E-state index in [1.54, 1.807) is 11.3 Å². The quantitative estimate of drug-likeness (QED) is 0.629. The standard InChI is InChI=1S/C11H21N3S2/c1-8-6-15-10(13-8)5-9(14-12)7-16-11(2,3)4/h6,9,14H,5,7,12H2,1-4H3. The van der Waals surface area contributed by atoms with Gasteiger partial charge in [0.2, 0.25) is 0 Å². The van der Waals surface area contributed by atoms with E-state index < -0.39 is 0 Å². The summed E-state index contributed by atoms with van der Waals surface area (Å²) < 4.78 is 0.286. The Morgan fingerprint density at radius 1 is 1.56 bits per heavy atom. The number of nitrogens with one attached hydrogen (secondary N) is 1. The van der Waals surface area contributed by atoms with Crippen LogP contribution in [-0.4, -0.2) is 21.5 Å². The molecule has 0 radical (unpaired) electrons. The number of aromatic nitrogens is 1. The van der Waals surface area contributed by atoms with Gasteiger partial charge in [0.15, 0.2) is 0 Å². The van der Waals surface area contributed by atoms with Crippen LogP contribution in [0.5, 0.6) is 0 Å². The molecule has 0 saturated heterocycles. The summed E-state index contributed by atoms with van der Waals surface area (Å²) in [5.41, 5.74) is 3.97. The molecule has 1 rings (SSSR count). The zero-order valence-corrected chi connectivity index (χ0v) is 12.0. The molecule has 0 amide bonds. The second kappa shape index (κ2) is 6.00. The van der Waals surface area contributed by atoms with E-state index in [1.165, 1.54) is 0 Å². The molecule has 3 nitrogen and oxygen atoms in total. The third-order valence-corrected chi connectivity index (χ3v) is 4.46. The van der Waals surface area contributed by atoms with Crippen molar-refractivity contribution in [2.45, 2.75) is 44.9 Å². The predicted octanol–water partition coefficient (Wildman–Crippen LogP) is 2.36. The minimum absolute atomic E-state index is 0.286. The van der Waals surface area contributed by atoms with Gasteiger partial charge >= 0.3 is 0 Å². The largest absolute Gasteiger partial charge is 0.271 e. The molecule has 3 N–H and O–H groups in total. The second-order valence-electron chi connectivity index (χ2n) is 4.87. The van der Waals surface area contributed by atoms with Crippen molar-refractivity contribution in [2.75, 3.05) is 5.75 Å². The molecule has 1 aromatic heterocycles. The van der Waals surface area contributed by atoms with Crippen molar-refractivity contribution < 1.29 is 0 Å². The highest BCUT2D eigenvalue weighted by molar-refractivity contribution is 8.00. The Bertz CT molecular complexity index is 317. The number of hydrazine groups is 1. The highest BCUT2D eigenvalue weighted by atomic mass is 32.2. The van der Waals surface area contributed by atoms with Crippen molar-refractivity contribution in [3.63, 3.8) is 0 Å². The Morgan fingerprint density at radius 2 is 2.25 bits per heavy atom. The molecule has 1 heterocycles. The maximum Gasteiger partial charge on any atom is 0.0944 e. The summed E-state index contributed by atoms with van der Waals surface area (Å²) in [6, 6.07) is 0.301. The van der Waals surface area contributed by atoms with Crippen molar-refractivity contribution in [1.82, 2.24) is 10.4 Å². The third-order valence-electron chi connectivity index (χ3n) is 2.04. The van der Waals surface area contributed by atoms with Gasteiger partial charge in [0.05, 0.1) is 5.01 Å². The lowest BCUT2D eigenvalue weighted by Gasteiger charge is -2.21. The van der Waals surface area contributed by atoms with Gasteiger partial charge in [0, 0.05) is 34.0 Å². The maximum absolute atomic E-state index is 5.57. The summed E-state index contributed by atoms with van der Waals surface area (Å²) in [6.07, 6.45) is 0.915. The molecule has 0 spiro atoms. The van der Waals surface area contributed by atoms with Gasteiger partial charge in [-0.05, 0) is 6.92 Å². The molecule has 0 aliphatic carbocycles. The zero-order valence-electron chi connectivity index (χ0n) is 10.4. The van der Waals surface area contributed by atoms with Crippen LogP contribution < -0.4 is 11.3 Å². The lowest BCUT2D eigenvalue weighted by Crippen LogP contribution is -2.39. The van der Waals surface area contributed by atoms with E-state index in [2.05, 4.69) is 36.6 Å². The summed E-state index contributed by atoms with van der Waals surface area (Å²) >= 11 is 3.64. The second-order valence-corrected chi connectivity index (χ2v) is 7.66. The van der Waals surface area contributed by atoms with Crippen LogP contribution in [0.2, 0.25) is 0 Å². The molecule has 92 valence electrons. The number of nitrogens with zero attached hydrogens (tertiary/aromatic N) is 1. The Kier molecular flexibility index (Phi) is 5.24. The number of hydrogen-bond donors (Lipinski definition) is 2. The van der Waals surface area contributed by atoms with Crippen LogP contribution in [0, 0.1) is 6.92 Å². The molecule has 1 unspecified atom stereocenters. The summed E-state index contributed by atoms with van der Waals surface area (Å²) in [7, 11) is 0. The van der Waals surface area contributed by atoms with Crippen molar-refractivity contribution in [3.05, 3.63) is 16.1 Å². The van der Waals surface area contributed by atoms with Gasteiger partial charge in [-0.3, -0.25) is 11.3 Å². The average molecular weight is 259 g/mol. The molecular weight excluding hydrogens is 238 g/mol. The normalized spacial score (nSPS) is 14.1. The Hall–Kier alpha value is -0.100. The van der Waals surface area contributed by atoms with E-state index in [-0.39, 0.29) is 4.75 Å². The van der Waals surface area contributed by atoms with Crippen LogP contribution in [0.25, 0.3) is 0 Å². The van der Waals surface area contributed by atoms with Crippen LogP contribution in [0.4, 0.5) is 0 Å². The van der Waals surface area contributed by atoms with E-state index in [0.29, 0.717) is 6.04 Å². The van der Waals surface area contributed by atoms with Crippen molar-refractivity contribution in [3.8, 4) is 0 Å². The maximum atomic E-state index is 5.57. The molecule has 0 fully saturated rings. The summed E-state index contributed by atoms with van der Waals surface area (Å²) in [6.45, 7) is 8.69. The topological polar surface area (TPSA) is 50.9 Å². The van der Waals surface area contributed by atoms with Crippen molar-refractivity contribution in [1.29, 1.82) is 0 Å². The van der Waals surface area contributed by atoms with Gasteiger partial charge in [0.1, 0.15) is 0 Å². The lowest BCUT2D eigenvalue weighted by molar-refractivity contribution is 0.571. The monoisotopic (exact) mass is 259 g/mol. The van der Waals surface area contributed by atoms with Gasteiger partial charge in [-0.2, -0.15) is 11.8 Å². The molecule has 0 bridgehead atoms. The fourth-order valence-corrected chi connectivity index (χ4v) is 2.99. The molecule has 0 aliphatic rings. The molecule has 0 aromatic carbocycles. The molecule has 0 saturated carbocycles. The van der Waals surface area contributed by atoms with Crippen LogP contribution in [-0.2, 0) is 6.42 Å². The Morgan fingerprint density at radius 3 is 2.69 bits per heavy atom. The average Bonchev–Trinajstić information content (AvgIpc) is 2.57. The van der Waals surface area contributed by atoms with Gasteiger partial charge in [0.25, 0.3) is 0 Å². The first-order chi connectivity index (χ1) is 7.40. The van der Waals surface area contributed by atoms with E-state index in [4.69, 9.17) is 5.84 Å². The lowest BCUT2D eigenvalue weighted by atomic mass is 10.2. The Labute approximate surface area is 106 Å². The van der Waals surface area contributed by atoms with Gasteiger partial charge in [-0.15, -0.1) is 11.3 Å². The number of thioether (sulfide) groups is 1. The van der Waals surface area contributed by atoms with Gasteiger partial charge in [-0.1, -0.05) is 20.8 Å². The number of aryl methyl sites for hydroxylation is 1. The van der Waals surface area contributed by atoms with Crippen LogP contribution in [0.3, 0.4) is 0 Å². The van der Waals surface area contributed by atoms with Crippen LogP contribution >= 0.6 is 23.1 Å². The van der Waals surface area contributed by atoms with E-state index in [1.807, 2.05) is 18.7 Å². The third kappa shape index (κ3) is 5.30. The number of thiazole rings is 1. The molecule has 0 aliphatic heterocycles. The molecule has 1 aromatic rings. The smallest absolute Gasteiger partial charge is 0.0944 e. The molecule has 1 atom stereocenters. The zero-order chi connectivity index (χ0) is 12.2. The molecular formula is C11H21N3S2. The van der Waals surface area contributed by atoms with Crippen molar-refractivity contribution >= 4 is 23.1 Å². The van der Waals surface area contributed by atoms with Crippen LogP contribution in [0.15, 0.2) is 5.38 Å². The number of hydrogen-bond acceptors (Lipinski definition) is 5. The fourth-order valence-electron chi connectivity index (χ4n) is 1.22. The predicted molar refractivity (Wildman–Crippen MR) is 73.9 cm³/mol. The van der Waals surface area contributed by atoms with E-state index >= 15 is 0 Å².